The van der Waals surface area contributed by atoms with Crippen molar-refractivity contribution >= 4 is 38.0 Å². The third-order valence-electron chi connectivity index (χ3n) is 4.12. The zero-order valence-corrected chi connectivity index (χ0v) is 11.4. The van der Waals surface area contributed by atoms with Crippen LogP contribution < -0.4 is 5.73 Å². The fraction of sp³-hybridized carbons (Fsp3) is 0.0526. The Balaban J connectivity index is 2.36. The van der Waals surface area contributed by atoms with Gasteiger partial charge in [-0.15, -0.1) is 0 Å². The van der Waals surface area contributed by atoms with Crippen molar-refractivity contribution in [3.05, 3.63) is 66.2 Å². The summed E-state index contributed by atoms with van der Waals surface area (Å²) >= 11 is 0. The maximum absolute atomic E-state index is 6.25. The van der Waals surface area contributed by atoms with Gasteiger partial charge in [0, 0.05) is 11.1 Å². The summed E-state index contributed by atoms with van der Waals surface area (Å²) in [6.07, 6.45) is 0. The zero-order valence-electron chi connectivity index (χ0n) is 11.4. The predicted molar refractivity (Wildman–Crippen MR) is 88.1 cm³/mol. The van der Waals surface area contributed by atoms with Gasteiger partial charge in [-0.05, 0) is 45.5 Å². The third kappa shape index (κ3) is 1.44. The molecule has 0 aromatic heterocycles. The van der Waals surface area contributed by atoms with E-state index in [0.29, 0.717) is 0 Å². The first kappa shape index (κ1) is 11.3. The number of aryl methyl sites for hydroxylation is 1. The molecule has 0 bridgehead atoms. The van der Waals surface area contributed by atoms with E-state index >= 15 is 0 Å². The summed E-state index contributed by atoms with van der Waals surface area (Å²) in [6, 6.07) is 21.3. The molecule has 0 aliphatic rings. The highest BCUT2D eigenvalue weighted by Crippen LogP contribution is 2.35. The van der Waals surface area contributed by atoms with Gasteiger partial charge < -0.3 is 5.73 Å². The average molecular weight is 257 g/mol. The molecule has 1 heteroatoms. The third-order valence-corrected chi connectivity index (χ3v) is 4.12. The van der Waals surface area contributed by atoms with Gasteiger partial charge in [0.1, 0.15) is 0 Å². The molecule has 20 heavy (non-hydrogen) atoms. The Morgan fingerprint density at radius 2 is 1.10 bits per heavy atom. The van der Waals surface area contributed by atoms with Gasteiger partial charge in [0.05, 0.1) is 0 Å². The molecule has 0 aliphatic heterocycles. The largest absolute Gasteiger partial charge is 0.398 e. The molecule has 0 fully saturated rings. The van der Waals surface area contributed by atoms with E-state index in [9.17, 15) is 0 Å². The van der Waals surface area contributed by atoms with Crippen LogP contribution in [0.15, 0.2) is 60.7 Å². The van der Waals surface area contributed by atoms with E-state index in [-0.39, 0.29) is 0 Å². The Labute approximate surface area is 117 Å². The van der Waals surface area contributed by atoms with Gasteiger partial charge in [0.2, 0.25) is 0 Å². The Kier molecular flexibility index (Phi) is 2.25. The number of nitrogen functional groups attached to an aromatic ring is 1. The van der Waals surface area contributed by atoms with Crippen molar-refractivity contribution in [1.82, 2.24) is 0 Å². The fourth-order valence-corrected chi connectivity index (χ4v) is 3.16. The molecule has 0 saturated carbocycles. The number of hydrogen-bond acceptors (Lipinski definition) is 1. The lowest BCUT2D eigenvalue weighted by Crippen LogP contribution is -1.90. The maximum Gasteiger partial charge on any atom is 0.0400 e. The molecule has 0 saturated heterocycles. The molecular formula is C19H15N. The van der Waals surface area contributed by atoms with Crippen molar-refractivity contribution < 1.29 is 0 Å². The van der Waals surface area contributed by atoms with E-state index in [1.165, 1.54) is 32.5 Å². The van der Waals surface area contributed by atoms with Crippen LogP contribution in [0, 0.1) is 6.92 Å². The summed E-state index contributed by atoms with van der Waals surface area (Å²) in [5.74, 6) is 0. The molecular weight excluding hydrogens is 242 g/mol. The lowest BCUT2D eigenvalue weighted by molar-refractivity contribution is 1.56. The van der Waals surface area contributed by atoms with E-state index in [4.69, 9.17) is 5.73 Å². The van der Waals surface area contributed by atoms with Gasteiger partial charge in [-0.25, -0.2) is 0 Å². The smallest absolute Gasteiger partial charge is 0.0400 e. The van der Waals surface area contributed by atoms with Crippen molar-refractivity contribution in [1.29, 1.82) is 0 Å². The van der Waals surface area contributed by atoms with Crippen molar-refractivity contribution in [2.45, 2.75) is 6.92 Å². The fourth-order valence-electron chi connectivity index (χ4n) is 3.16. The summed E-state index contributed by atoms with van der Waals surface area (Å²) < 4.78 is 0. The molecule has 0 aliphatic carbocycles. The maximum atomic E-state index is 6.25. The van der Waals surface area contributed by atoms with Crippen LogP contribution in [0.3, 0.4) is 0 Å². The first-order valence-electron chi connectivity index (χ1n) is 6.85. The first-order chi connectivity index (χ1) is 9.75. The van der Waals surface area contributed by atoms with Crippen LogP contribution in [0.25, 0.3) is 32.3 Å². The second kappa shape index (κ2) is 3.97. The Hall–Kier alpha value is -2.54. The molecule has 0 heterocycles. The summed E-state index contributed by atoms with van der Waals surface area (Å²) in [5, 5.41) is 7.47. The van der Waals surface area contributed by atoms with Crippen LogP contribution in [0.2, 0.25) is 0 Å². The minimum atomic E-state index is 0.849. The van der Waals surface area contributed by atoms with E-state index in [2.05, 4.69) is 61.5 Å². The SMILES string of the molecule is Cc1cc2c3ccccc3c(N)cc2c2ccccc12. The quantitative estimate of drug-likeness (QED) is 0.347. The second-order valence-electron chi connectivity index (χ2n) is 5.35. The van der Waals surface area contributed by atoms with Gasteiger partial charge >= 0.3 is 0 Å². The molecule has 0 spiro atoms. The number of anilines is 1. The summed E-state index contributed by atoms with van der Waals surface area (Å²) in [4.78, 5) is 0. The van der Waals surface area contributed by atoms with Crippen LogP contribution in [-0.4, -0.2) is 0 Å². The molecule has 4 rings (SSSR count). The first-order valence-corrected chi connectivity index (χ1v) is 6.85. The molecule has 0 atom stereocenters. The minimum absolute atomic E-state index is 0.849. The molecule has 0 amide bonds. The molecule has 2 N–H and O–H groups in total. The van der Waals surface area contributed by atoms with Crippen molar-refractivity contribution in [3.63, 3.8) is 0 Å². The van der Waals surface area contributed by atoms with Gasteiger partial charge in [-0.2, -0.15) is 0 Å². The van der Waals surface area contributed by atoms with Gasteiger partial charge in [0.25, 0.3) is 0 Å². The number of benzene rings is 4. The van der Waals surface area contributed by atoms with Crippen molar-refractivity contribution in [2.24, 2.45) is 0 Å². The van der Waals surface area contributed by atoms with Crippen LogP contribution in [-0.2, 0) is 0 Å². The molecule has 1 nitrogen and oxygen atoms in total. The summed E-state index contributed by atoms with van der Waals surface area (Å²) in [6.45, 7) is 2.17. The van der Waals surface area contributed by atoms with Crippen molar-refractivity contribution in [2.75, 3.05) is 5.73 Å². The highest BCUT2D eigenvalue weighted by atomic mass is 14.5. The highest BCUT2D eigenvalue weighted by molar-refractivity contribution is 6.20. The molecule has 4 aromatic rings. The molecule has 96 valence electrons. The van der Waals surface area contributed by atoms with E-state index < -0.39 is 0 Å². The number of rotatable bonds is 0. The van der Waals surface area contributed by atoms with E-state index in [0.717, 1.165) is 11.1 Å². The molecule has 4 aromatic carbocycles. The van der Waals surface area contributed by atoms with Gasteiger partial charge in [0.15, 0.2) is 0 Å². The highest BCUT2D eigenvalue weighted by Gasteiger charge is 2.08. The van der Waals surface area contributed by atoms with Crippen LogP contribution >= 0.6 is 0 Å². The average Bonchev–Trinajstić information content (AvgIpc) is 2.49. The van der Waals surface area contributed by atoms with Crippen LogP contribution in [0.4, 0.5) is 5.69 Å². The Morgan fingerprint density at radius 1 is 0.600 bits per heavy atom. The van der Waals surface area contributed by atoms with Gasteiger partial charge in [-0.3, -0.25) is 0 Å². The topological polar surface area (TPSA) is 26.0 Å². The lowest BCUT2D eigenvalue weighted by Gasteiger charge is -2.12. The lowest BCUT2D eigenvalue weighted by atomic mass is 9.93. The Bertz CT molecular complexity index is 886. The summed E-state index contributed by atoms with van der Waals surface area (Å²) in [5.41, 5.74) is 8.41. The van der Waals surface area contributed by atoms with E-state index in [1.54, 1.807) is 0 Å². The zero-order chi connectivity index (χ0) is 13.7. The second-order valence-corrected chi connectivity index (χ2v) is 5.35. The molecule has 0 radical (unpaired) electrons. The Morgan fingerprint density at radius 3 is 1.80 bits per heavy atom. The van der Waals surface area contributed by atoms with Crippen LogP contribution in [0.1, 0.15) is 5.56 Å². The van der Waals surface area contributed by atoms with Crippen molar-refractivity contribution in [3.8, 4) is 0 Å². The monoisotopic (exact) mass is 257 g/mol. The molecule has 0 unspecified atom stereocenters. The number of hydrogen-bond donors (Lipinski definition) is 1. The minimum Gasteiger partial charge on any atom is -0.398 e. The van der Waals surface area contributed by atoms with Gasteiger partial charge in [-0.1, -0.05) is 54.6 Å². The number of fused-ring (bicyclic) bond motifs is 5. The predicted octanol–water partition coefficient (Wildman–Crippen LogP) is 5.04. The van der Waals surface area contributed by atoms with Crippen LogP contribution in [0.5, 0.6) is 0 Å². The summed E-state index contributed by atoms with van der Waals surface area (Å²) in [7, 11) is 0. The standard InChI is InChI=1S/C19H15N/c1-12-10-17-15-8-4-5-9-16(15)19(20)11-18(17)14-7-3-2-6-13(12)14/h2-11H,20H2,1H3. The number of nitrogens with two attached hydrogens (primary N) is 1. The normalized spacial score (nSPS) is 11.4. The van der Waals surface area contributed by atoms with E-state index in [1.807, 2.05) is 6.07 Å².